The largest absolute Gasteiger partial charge is 0.347 e. The lowest BCUT2D eigenvalue weighted by atomic mass is 9.95. The molecule has 1 fully saturated rings. The molecule has 0 atom stereocenters. The Bertz CT molecular complexity index is 450. The average molecular weight is 229 g/mol. The highest BCUT2D eigenvalue weighted by molar-refractivity contribution is 5.09. The van der Waals surface area contributed by atoms with Gasteiger partial charge in [-0.2, -0.15) is 0 Å². The molecule has 0 aliphatic heterocycles. The molecule has 17 heavy (non-hydrogen) atoms. The van der Waals surface area contributed by atoms with Gasteiger partial charge in [0.05, 0.1) is 12.9 Å². The summed E-state index contributed by atoms with van der Waals surface area (Å²) in [5, 5.41) is 0. The highest BCUT2D eigenvalue weighted by atomic mass is 15.1. The van der Waals surface area contributed by atoms with Crippen molar-refractivity contribution in [3.63, 3.8) is 0 Å². The van der Waals surface area contributed by atoms with Crippen molar-refractivity contribution in [2.45, 2.75) is 44.7 Å². The lowest BCUT2D eigenvalue weighted by Crippen LogP contribution is -2.15. The summed E-state index contributed by atoms with van der Waals surface area (Å²) >= 11 is 0. The number of hydrogen-bond donors (Lipinski definition) is 0. The number of rotatable bonds is 3. The molecule has 2 aromatic rings. The first-order valence-electron chi connectivity index (χ1n) is 6.55. The van der Waals surface area contributed by atoms with Crippen molar-refractivity contribution in [2.75, 3.05) is 0 Å². The van der Waals surface area contributed by atoms with Gasteiger partial charge < -0.3 is 9.13 Å². The zero-order valence-electron chi connectivity index (χ0n) is 10.1. The Morgan fingerprint density at radius 2 is 2.06 bits per heavy atom. The Balaban J connectivity index is 1.78. The van der Waals surface area contributed by atoms with Gasteiger partial charge in [0.15, 0.2) is 0 Å². The van der Waals surface area contributed by atoms with E-state index in [2.05, 4.69) is 32.4 Å². The zero-order chi connectivity index (χ0) is 11.5. The lowest BCUT2D eigenvalue weighted by Gasteiger charge is -2.25. The number of nitrogens with zero attached hydrogens (tertiary/aromatic N) is 3. The molecule has 0 N–H and O–H groups in total. The van der Waals surface area contributed by atoms with Gasteiger partial charge in [-0.1, -0.05) is 19.3 Å². The van der Waals surface area contributed by atoms with E-state index in [4.69, 9.17) is 0 Å². The Labute approximate surface area is 102 Å². The molecule has 0 saturated heterocycles. The molecule has 1 saturated carbocycles. The van der Waals surface area contributed by atoms with Gasteiger partial charge in [0.25, 0.3) is 0 Å². The molecule has 1 aliphatic rings. The van der Waals surface area contributed by atoms with Gasteiger partial charge in [-0.05, 0) is 25.0 Å². The molecule has 3 heteroatoms. The molecule has 2 aromatic heterocycles. The highest BCUT2D eigenvalue weighted by Gasteiger charge is 2.16. The predicted octanol–water partition coefficient (Wildman–Crippen LogP) is 3.24. The summed E-state index contributed by atoms with van der Waals surface area (Å²) in [5.41, 5.74) is 1.40. The van der Waals surface area contributed by atoms with Crippen LogP contribution >= 0.6 is 0 Å². The van der Waals surface area contributed by atoms with Crippen LogP contribution in [0.5, 0.6) is 0 Å². The minimum Gasteiger partial charge on any atom is -0.347 e. The Morgan fingerprint density at radius 1 is 1.18 bits per heavy atom. The Morgan fingerprint density at radius 3 is 2.82 bits per heavy atom. The molecule has 1 aliphatic carbocycles. The molecule has 2 heterocycles. The van der Waals surface area contributed by atoms with Gasteiger partial charge in [-0.25, -0.2) is 4.98 Å². The van der Waals surface area contributed by atoms with Gasteiger partial charge in [-0.3, -0.25) is 0 Å². The molecule has 0 bridgehead atoms. The van der Waals surface area contributed by atoms with E-state index < -0.39 is 0 Å². The van der Waals surface area contributed by atoms with E-state index >= 15 is 0 Å². The van der Waals surface area contributed by atoms with Crippen LogP contribution in [0.1, 0.15) is 43.8 Å². The van der Waals surface area contributed by atoms with Crippen LogP contribution < -0.4 is 0 Å². The van der Waals surface area contributed by atoms with Crippen LogP contribution in [-0.2, 0) is 6.54 Å². The van der Waals surface area contributed by atoms with Gasteiger partial charge >= 0.3 is 0 Å². The summed E-state index contributed by atoms with van der Waals surface area (Å²) in [6.45, 7) is 0.934. The van der Waals surface area contributed by atoms with Gasteiger partial charge in [0.1, 0.15) is 0 Å². The molecule has 0 spiro atoms. The fourth-order valence-corrected chi connectivity index (χ4v) is 2.85. The third-order valence-corrected chi connectivity index (χ3v) is 3.74. The Kier molecular flexibility index (Phi) is 2.99. The monoisotopic (exact) mass is 229 g/mol. The summed E-state index contributed by atoms with van der Waals surface area (Å²) in [6, 6.07) is 5.12. The van der Waals surface area contributed by atoms with Crippen molar-refractivity contribution < 1.29 is 0 Å². The SMILES string of the molecule is c1cc(Cn2ccnc2)n(C2CCCCC2)c1. The minimum atomic E-state index is 0.720. The van der Waals surface area contributed by atoms with E-state index in [1.165, 1.54) is 37.8 Å². The van der Waals surface area contributed by atoms with Crippen LogP contribution in [0.15, 0.2) is 37.1 Å². The zero-order valence-corrected chi connectivity index (χ0v) is 10.1. The van der Waals surface area contributed by atoms with Gasteiger partial charge in [0.2, 0.25) is 0 Å². The van der Waals surface area contributed by atoms with E-state index in [9.17, 15) is 0 Å². The number of aromatic nitrogens is 3. The molecule has 0 amide bonds. The van der Waals surface area contributed by atoms with Crippen molar-refractivity contribution in [1.82, 2.24) is 14.1 Å². The standard InChI is InChI=1S/C14H19N3/c1-2-5-13(6-3-1)17-9-4-7-14(17)11-16-10-8-15-12-16/h4,7-10,12-13H,1-3,5-6,11H2. The second-order valence-corrected chi connectivity index (χ2v) is 4.93. The molecule has 0 aromatic carbocycles. The van der Waals surface area contributed by atoms with E-state index in [0.717, 1.165) is 12.6 Å². The molecule has 3 nitrogen and oxygen atoms in total. The summed E-state index contributed by atoms with van der Waals surface area (Å²) in [5.74, 6) is 0. The highest BCUT2D eigenvalue weighted by Crippen LogP contribution is 2.29. The number of hydrogen-bond acceptors (Lipinski definition) is 1. The van der Waals surface area contributed by atoms with Crippen molar-refractivity contribution >= 4 is 0 Å². The smallest absolute Gasteiger partial charge is 0.0949 e. The Hall–Kier alpha value is -1.51. The normalized spacial score (nSPS) is 17.4. The number of imidazole rings is 1. The quantitative estimate of drug-likeness (QED) is 0.792. The third-order valence-electron chi connectivity index (χ3n) is 3.74. The van der Waals surface area contributed by atoms with Crippen LogP contribution in [-0.4, -0.2) is 14.1 Å². The second-order valence-electron chi connectivity index (χ2n) is 4.93. The lowest BCUT2D eigenvalue weighted by molar-refractivity contribution is 0.346. The summed E-state index contributed by atoms with van der Waals surface area (Å²) < 4.78 is 4.60. The first kappa shape index (κ1) is 10.6. The molecular formula is C14H19N3. The van der Waals surface area contributed by atoms with Gasteiger partial charge in [0, 0.05) is 30.3 Å². The van der Waals surface area contributed by atoms with Crippen LogP contribution in [0.3, 0.4) is 0 Å². The maximum atomic E-state index is 4.10. The maximum Gasteiger partial charge on any atom is 0.0949 e. The maximum absolute atomic E-state index is 4.10. The van der Waals surface area contributed by atoms with Crippen molar-refractivity contribution in [3.8, 4) is 0 Å². The van der Waals surface area contributed by atoms with E-state index in [0.29, 0.717) is 0 Å². The van der Waals surface area contributed by atoms with Crippen molar-refractivity contribution in [3.05, 3.63) is 42.7 Å². The van der Waals surface area contributed by atoms with Crippen LogP contribution in [0, 0.1) is 0 Å². The molecular weight excluding hydrogens is 210 g/mol. The average Bonchev–Trinajstić information content (AvgIpc) is 3.02. The molecule has 90 valence electrons. The van der Waals surface area contributed by atoms with E-state index in [1.54, 1.807) is 0 Å². The van der Waals surface area contributed by atoms with E-state index in [-0.39, 0.29) is 0 Å². The topological polar surface area (TPSA) is 22.8 Å². The third kappa shape index (κ3) is 2.28. The fourth-order valence-electron chi connectivity index (χ4n) is 2.85. The van der Waals surface area contributed by atoms with E-state index in [1.807, 2.05) is 18.7 Å². The molecule has 0 radical (unpaired) electrons. The predicted molar refractivity (Wildman–Crippen MR) is 67.9 cm³/mol. The van der Waals surface area contributed by atoms with Crippen molar-refractivity contribution in [1.29, 1.82) is 0 Å². The molecule has 3 rings (SSSR count). The van der Waals surface area contributed by atoms with Crippen LogP contribution in [0.4, 0.5) is 0 Å². The first-order valence-corrected chi connectivity index (χ1v) is 6.55. The molecule has 0 unspecified atom stereocenters. The van der Waals surface area contributed by atoms with Crippen LogP contribution in [0.2, 0.25) is 0 Å². The fraction of sp³-hybridized carbons (Fsp3) is 0.500. The van der Waals surface area contributed by atoms with Crippen LogP contribution in [0.25, 0.3) is 0 Å². The first-order chi connectivity index (χ1) is 8.43. The van der Waals surface area contributed by atoms with Crippen molar-refractivity contribution in [2.24, 2.45) is 0 Å². The summed E-state index contributed by atoms with van der Waals surface area (Å²) in [6.07, 6.45) is 14.8. The minimum absolute atomic E-state index is 0.720. The second kappa shape index (κ2) is 4.78. The summed E-state index contributed by atoms with van der Waals surface area (Å²) in [7, 11) is 0. The van der Waals surface area contributed by atoms with Gasteiger partial charge in [-0.15, -0.1) is 0 Å². The summed E-state index contributed by atoms with van der Waals surface area (Å²) in [4.78, 5) is 4.10.